The van der Waals surface area contributed by atoms with Gasteiger partial charge in [0.2, 0.25) is 5.91 Å². The molecule has 38 heavy (non-hydrogen) atoms. The summed E-state index contributed by atoms with van der Waals surface area (Å²) in [7, 11) is 4.25. The van der Waals surface area contributed by atoms with Crippen LogP contribution in [-0.2, 0) is 17.8 Å². The van der Waals surface area contributed by atoms with Crippen molar-refractivity contribution >= 4 is 40.3 Å². The third kappa shape index (κ3) is 4.05. The Morgan fingerprint density at radius 1 is 1.08 bits per heavy atom. The molecule has 0 saturated heterocycles. The first-order chi connectivity index (χ1) is 18.3. The van der Waals surface area contributed by atoms with E-state index in [2.05, 4.69) is 15.6 Å². The smallest absolute Gasteiger partial charge is 0.334 e. The molecule has 0 spiro atoms. The lowest BCUT2D eigenvalue weighted by Crippen LogP contribution is -2.46. The summed E-state index contributed by atoms with van der Waals surface area (Å²) in [6.45, 7) is 1.72. The topological polar surface area (TPSA) is 96.0 Å². The number of anilines is 4. The fraction of sp³-hybridized carbons (Fsp3) is 0.222. The zero-order valence-electron chi connectivity index (χ0n) is 21.2. The van der Waals surface area contributed by atoms with Gasteiger partial charge in [-0.05, 0) is 42.3 Å². The molecular formula is C27H25F2N5O4. The van der Waals surface area contributed by atoms with Crippen LogP contribution in [0.3, 0.4) is 0 Å². The van der Waals surface area contributed by atoms with Gasteiger partial charge in [-0.15, -0.1) is 0 Å². The molecular weight excluding hydrogens is 496 g/mol. The zero-order chi connectivity index (χ0) is 27.1. The third-order valence-corrected chi connectivity index (χ3v) is 6.51. The number of rotatable bonds is 6. The van der Waals surface area contributed by atoms with Crippen LogP contribution < -0.4 is 29.9 Å². The Hall–Kier alpha value is -4.67. The molecule has 2 aliphatic rings. The van der Waals surface area contributed by atoms with Crippen molar-refractivity contribution < 1.29 is 27.8 Å². The lowest BCUT2D eigenvalue weighted by Gasteiger charge is -2.37. The molecule has 2 aromatic carbocycles. The Kier molecular flexibility index (Phi) is 6.35. The van der Waals surface area contributed by atoms with E-state index in [4.69, 9.17) is 9.47 Å². The fourth-order valence-electron chi connectivity index (χ4n) is 4.66. The quantitative estimate of drug-likeness (QED) is 0.487. The van der Waals surface area contributed by atoms with Gasteiger partial charge in [0.05, 0.1) is 44.3 Å². The maximum atomic E-state index is 15.5. The fourth-order valence-corrected chi connectivity index (χ4v) is 4.66. The molecule has 3 amide bonds. The number of benzene rings is 2. The number of hydrogen-bond acceptors (Lipinski definition) is 6. The van der Waals surface area contributed by atoms with E-state index in [1.165, 1.54) is 19.1 Å². The van der Waals surface area contributed by atoms with Gasteiger partial charge in [0.15, 0.2) is 23.1 Å². The molecule has 3 heterocycles. The predicted octanol–water partition coefficient (Wildman–Crippen LogP) is 4.73. The van der Waals surface area contributed by atoms with Gasteiger partial charge in [0.25, 0.3) is 0 Å². The summed E-state index contributed by atoms with van der Waals surface area (Å²) < 4.78 is 41.1. The van der Waals surface area contributed by atoms with Crippen molar-refractivity contribution in [2.45, 2.75) is 19.9 Å². The highest BCUT2D eigenvalue weighted by molar-refractivity contribution is 6.12. The summed E-state index contributed by atoms with van der Waals surface area (Å²) in [6.07, 6.45) is 3.51. The number of nitrogens with one attached hydrogen (secondary N) is 2. The Balaban J connectivity index is 1.71. The number of carbonyl (C=O) groups excluding carboxylic acids is 2. The second-order valence-electron chi connectivity index (χ2n) is 8.84. The second kappa shape index (κ2) is 9.66. The number of nitrogens with zero attached hydrogens (tertiary/aromatic N) is 3. The summed E-state index contributed by atoms with van der Waals surface area (Å²) >= 11 is 0. The van der Waals surface area contributed by atoms with Crippen LogP contribution in [0, 0.1) is 11.6 Å². The Labute approximate surface area is 217 Å². The number of methoxy groups -OCH3 is 2. The van der Waals surface area contributed by atoms with E-state index in [0.717, 1.165) is 16.5 Å². The average Bonchev–Trinajstić information content (AvgIpc) is 3.28. The van der Waals surface area contributed by atoms with Gasteiger partial charge in [-0.25, -0.2) is 13.6 Å². The number of hydrogen-bond donors (Lipinski definition) is 2. The molecule has 0 atom stereocenters. The second-order valence-corrected chi connectivity index (χ2v) is 8.84. The van der Waals surface area contributed by atoms with Crippen LogP contribution in [0.4, 0.5) is 36.3 Å². The number of urea groups is 1. The first-order valence-corrected chi connectivity index (χ1v) is 11.7. The van der Waals surface area contributed by atoms with Crippen LogP contribution in [0.1, 0.15) is 23.7 Å². The highest BCUT2D eigenvalue weighted by atomic mass is 19.1. The van der Waals surface area contributed by atoms with E-state index < -0.39 is 23.4 Å². The lowest BCUT2D eigenvalue weighted by molar-refractivity contribution is -0.115. The van der Waals surface area contributed by atoms with Gasteiger partial charge in [0, 0.05) is 36.8 Å². The largest absolute Gasteiger partial charge is 0.493 e. The predicted molar refractivity (Wildman–Crippen MR) is 139 cm³/mol. The van der Waals surface area contributed by atoms with E-state index in [1.807, 2.05) is 6.92 Å². The molecule has 3 aromatic rings. The molecule has 11 heteroatoms. The van der Waals surface area contributed by atoms with E-state index in [9.17, 15) is 9.59 Å². The van der Waals surface area contributed by atoms with E-state index in [1.54, 1.807) is 43.7 Å². The Morgan fingerprint density at radius 3 is 2.45 bits per heavy atom. The number of allylic oxidation sites excluding steroid dienone is 1. The van der Waals surface area contributed by atoms with Crippen molar-refractivity contribution in [1.82, 2.24) is 10.3 Å². The number of amides is 3. The summed E-state index contributed by atoms with van der Waals surface area (Å²) in [6, 6.07) is 7.23. The lowest BCUT2D eigenvalue weighted by atomic mass is 10.0. The number of aromatic nitrogens is 1. The van der Waals surface area contributed by atoms with Crippen molar-refractivity contribution in [1.29, 1.82) is 0 Å². The van der Waals surface area contributed by atoms with Gasteiger partial charge in [-0.3, -0.25) is 19.6 Å². The SMILES string of the molecule is CN/C=C(\C)c1cc2c(cn1)CN(c1c(F)c(OC)cc(OC)c1F)C(=O)N2c1ccc2c(c1)CC(=O)N2. The summed E-state index contributed by atoms with van der Waals surface area (Å²) in [5.74, 6) is -2.78. The van der Waals surface area contributed by atoms with Crippen LogP contribution in [0.15, 0.2) is 42.7 Å². The van der Waals surface area contributed by atoms with Crippen LogP contribution >= 0.6 is 0 Å². The molecule has 0 unspecified atom stereocenters. The summed E-state index contributed by atoms with van der Waals surface area (Å²) in [5, 5.41) is 5.72. The summed E-state index contributed by atoms with van der Waals surface area (Å²) in [4.78, 5) is 32.9. The molecule has 0 bridgehead atoms. The molecule has 2 N–H and O–H groups in total. The Morgan fingerprint density at radius 2 is 1.79 bits per heavy atom. The maximum Gasteiger partial charge on any atom is 0.334 e. The van der Waals surface area contributed by atoms with Crippen LogP contribution in [0.2, 0.25) is 0 Å². The normalized spacial score (nSPS) is 14.7. The molecule has 1 aromatic heterocycles. The van der Waals surface area contributed by atoms with E-state index >= 15 is 8.78 Å². The number of halogens is 2. The van der Waals surface area contributed by atoms with Gasteiger partial charge in [-0.1, -0.05) is 0 Å². The highest BCUT2D eigenvalue weighted by Crippen LogP contribution is 2.43. The highest BCUT2D eigenvalue weighted by Gasteiger charge is 2.38. The minimum absolute atomic E-state index is 0.151. The minimum Gasteiger partial charge on any atom is -0.493 e. The first-order valence-electron chi connectivity index (χ1n) is 11.7. The number of fused-ring (bicyclic) bond motifs is 2. The molecule has 0 fully saturated rings. The van der Waals surface area contributed by atoms with Crippen molar-refractivity contribution in [2.24, 2.45) is 0 Å². The standard InChI is InChI=1S/C27H25F2N5O4/c1-14(11-30-2)19-9-20-16(12-31-19)13-33(26-24(28)21(37-3)10-22(38-4)25(26)29)27(36)34(20)17-5-6-18-15(7-17)8-23(35)32-18/h5-7,9-12,30H,8,13H2,1-4H3,(H,32,35)/b14-11+. The van der Waals surface area contributed by atoms with Gasteiger partial charge >= 0.3 is 6.03 Å². The average molecular weight is 522 g/mol. The molecule has 2 aliphatic heterocycles. The van der Waals surface area contributed by atoms with Crippen molar-refractivity contribution in [3.05, 3.63) is 71.2 Å². The zero-order valence-corrected chi connectivity index (χ0v) is 21.2. The van der Waals surface area contributed by atoms with Crippen molar-refractivity contribution in [2.75, 3.05) is 36.4 Å². The molecule has 0 saturated carbocycles. The molecule has 9 nitrogen and oxygen atoms in total. The van der Waals surface area contributed by atoms with Crippen molar-refractivity contribution in [3.63, 3.8) is 0 Å². The molecule has 0 aliphatic carbocycles. The van der Waals surface area contributed by atoms with Crippen LogP contribution in [0.25, 0.3) is 5.57 Å². The monoisotopic (exact) mass is 521 g/mol. The Bertz CT molecular complexity index is 1480. The van der Waals surface area contributed by atoms with Gasteiger partial charge < -0.3 is 20.1 Å². The van der Waals surface area contributed by atoms with Gasteiger partial charge in [-0.2, -0.15) is 0 Å². The molecule has 196 valence electrons. The number of ether oxygens (including phenoxy) is 2. The van der Waals surface area contributed by atoms with E-state index in [-0.39, 0.29) is 30.4 Å². The molecule has 5 rings (SSSR count). The van der Waals surface area contributed by atoms with Crippen LogP contribution in [-0.4, -0.2) is 38.2 Å². The molecule has 0 radical (unpaired) electrons. The first kappa shape index (κ1) is 25.0. The van der Waals surface area contributed by atoms with Gasteiger partial charge in [0.1, 0.15) is 5.69 Å². The number of pyridine rings is 1. The van der Waals surface area contributed by atoms with Crippen LogP contribution in [0.5, 0.6) is 11.5 Å². The minimum atomic E-state index is -1.04. The van der Waals surface area contributed by atoms with E-state index in [0.29, 0.717) is 33.9 Å². The maximum absolute atomic E-state index is 15.5. The third-order valence-electron chi connectivity index (χ3n) is 6.51. The van der Waals surface area contributed by atoms with Crippen molar-refractivity contribution in [3.8, 4) is 11.5 Å². The summed E-state index contributed by atoms with van der Waals surface area (Å²) in [5.41, 5.74) is 3.69. The number of carbonyl (C=O) groups is 2.